The van der Waals surface area contributed by atoms with Crippen LogP contribution in [0.3, 0.4) is 0 Å². The second-order valence-corrected chi connectivity index (χ2v) is 8.48. The summed E-state index contributed by atoms with van der Waals surface area (Å²) in [7, 11) is 0. The summed E-state index contributed by atoms with van der Waals surface area (Å²) in [5.41, 5.74) is -3.99. The minimum atomic E-state index is -6.02. The molecule has 0 amide bonds. The zero-order valence-electron chi connectivity index (χ0n) is 17.6. The lowest BCUT2D eigenvalue weighted by Crippen LogP contribution is -2.62. The van der Waals surface area contributed by atoms with E-state index in [0.29, 0.717) is 12.1 Å². The first-order valence-electron chi connectivity index (χ1n) is 10.4. The Morgan fingerprint density at radius 2 is 1.62 bits per heavy atom. The molecule has 182 valence electrons. The predicted octanol–water partition coefficient (Wildman–Crippen LogP) is 5.88. The summed E-state index contributed by atoms with van der Waals surface area (Å²) < 4.78 is 81.3. The van der Waals surface area contributed by atoms with E-state index in [1.165, 1.54) is 12.1 Å². The third-order valence-corrected chi connectivity index (χ3v) is 6.32. The van der Waals surface area contributed by atoms with Crippen LogP contribution in [-0.4, -0.2) is 41.9 Å². The molecule has 4 nitrogen and oxygen atoms in total. The molecule has 2 aromatic carbocycles. The minimum Gasteiger partial charge on any atom is -0.369 e. The largest absolute Gasteiger partial charge is 0.431 e. The number of benzene rings is 2. The second kappa shape index (κ2) is 8.90. The standard InChI is InChI=1S/C23H20ClF6N3O/c24-18-4-2-1-3-17(18)19-13-20(21(34,22(25,26)27)23(28,29)30)32-33(19)16-7-5-14(6-8-16)15-9-11-31-12-10-15/h1-9,19,31,34H,10-13H2. The molecule has 2 aliphatic heterocycles. The molecule has 0 bridgehead atoms. The fourth-order valence-corrected chi connectivity index (χ4v) is 4.42. The van der Waals surface area contributed by atoms with Gasteiger partial charge < -0.3 is 10.4 Å². The molecule has 2 aliphatic rings. The zero-order valence-corrected chi connectivity index (χ0v) is 18.3. The molecule has 1 unspecified atom stereocenters. The van der Waals surface area contributed by atoms with Gasteiger partial charge in [-0.15, -0.1) is 0 Å². The average Bonchev–Trinajstić information content (AvgIpc) is 3.23. The van der Waals surface area contributed by atoms with Crippen LogP contribution in [0.1, 0.15) is 30.0 Å². The van der Waals surface area contributed by atoms with Crippen LogP contribution in [0, 0.1) is 0 Å². The van der Waals surface area contributed by atoms with E-state index < -0.39 is 36.1 Å². The highest BCUT2D eigenvalue weighted by molar-refractivity contribution is 6.31. The van der Waals surface area contributed by atoms with Gasteiger partial charge in [0.1, 0.15) is 0 Å². The van der Waals surface area contributed by atoms with Gasteiger partial charge in [-0.1, -0.05) is 48.0 Å². The van der Waals surface area contributed by atoms with Gasteiger partial charge in [-0.3, -0.25) is 5.01 Å². The van der Waals surface area contributed by atoms with Crippen molar-refractivity contribution in [2.45, 2.75) is 36.8 Å². The van der Waals surface area contributed by atoms with Crippen LogP contribution >= 0.6 is 11.6 Å². The Balaban J connectivity index is 1.79. The van der Waals surface area contributed by atoms with Crippen LogP contribution in [0.4, 0.5) is 32.0 Å². The van der Waals surface area contributed by atoms with Gasteiger partial charge in [0.15, 0.2) is 0 Å². The summed E-state index contributed by atoms with van der Waals surface area (Å²) in [6.07, 6.45) is -10.0. The van der Waals surface area contributed by atoms with E-state index in [0.717, 1.165) is 29.1 Å². The van der Waals surface area contributed by atoms with Gasteiger partial charge in [0.2, 0.25) is 0 Å². The fourth-order valence-electron chi connectivity index (χ4n) is 4.16. The third-order valence-electron chi connectivity index (χ3n) is 5.98. The summed E-state index contributed by atoms with van der Waals surface area (Å²) in [5.74, 6) is 0. The highest BCUT2D eigenvalue weighted by Gasteiger charge is 2.74. The van der Waals surface area contributed by atoms with E-state index in [-0.39, 0.29) is 10.7 Å². The summed E-state index contributed by atoms with van der Waals surface area (Å²) >= 11 is 6.23. The van der Waals surface area contributed by atoms with E-state index in [1.807, 2.05) is 6.08 Å². The van der Waals surface area contributed by atoms with Gasteiger partial charge >= 0.3 is 12.4 Å². The molecule has 2 heterocycles. The predicted molar refractivity (Wildman–Crippen MR) is 118 cm³/mol. The molecule has 0 saturated heterocycles. The summed E-state index contributed by atoms with van der Waals surface area (Å²) in [5, 5.41) is 18.0. The van der Waals surface area contributed by atoms with Crippen molar-refractivity contribution in [2.24, 2.45) is 5.10 Å². The van der Waals surface area contributed by atoms with E-state index in [1.54, 1.807) is 36.4 Å². The van der Waals surface area contributed by atoms with Gasteiger partial charge in [0, 0.05) is 18.0 Å². The number of rotatable bonds is 4. The Hall–Kier alpha value is -2.56. The molecule has 0 spiro atoms. The molecule has 0 saturated carbocycles. The lowest BCUT2D eigenvalue weighted by atomic mass is 9.90. The molecule has 0 radical (unpaired) electrons. The van der Waals surface area contributed by atoms with Crippen LogP contribution in [0.2, 0.25) is 5.02 Å². The number of aliphatic hydroxyl groups is 1. The summed E-state index contributed by atoms with van der Waals surface area (Å²) in [6, 6.07) is 11.7. The first-order valence-corrected chi connectivity index (χ1v) is 10.8. The highest BCUT2D eigenvalue weighted by atomic mass is 35.5. The van der Waals surface area contributed by atoms with Crippen molar-refractivity contribution in [3.8, 4) is 0 Å². The van der Waals surface area contributed by atoms with Crippen LogP contribution in [-0.2, 0) is 0 Å². The smallest absolute Gasteiger partial charge is 0.369 e. The maximum Gasteiger partial charge on any atom is 0.431 e. The minimum absolute atomic E-state index is 0.160. The Morgan fingerprint density at radius 3 is 2.18 bits per heavy atom. The Bertz CT molecular complexity index is 1100. The molecule has 4 rings (SSSR count). The van der Waals surface area contributed by atoms with Gasteiger partial charge in [-0.25, -0.2) is 0 Å². The topological polar surface area (TPSA) is 47.9 Å². The number of anilines is 1. The molecule has 0 fully saturated rings. The van der Waals surface area contributed by atoms with Gasteiger partial charge in [0.05, 0.1) is 17.4 Å². The monoisotopic (exact) mass is 503 g/mol. The highest BCUT2D eigenvalue weighted by Crippen LogP contribution is 2.49. The molecule has 34 heavy (non-hydrogen) atoms. The van der Waals surface area contributed by atoms with E-state index in [4.69, 9.17) is 11.6 Å². The zero-order chi connectivity index (χ0) is 24.7. The first-order chi connectivity index (χ1) is 15.9. The van der Waals surface area contributed by atoms with Crippen LogP contribution in [0.5, 0.6) is 0 Å². The van der Waals surface area contributed by atoms with Crippen molar-refractivity contribution >= 4 is 28.6 Å². The molecular weight excluding hydrogens is 484 g/mol. The number of hydrazone groups is 1. The van der Waals surface area contributed by atoms with E-state index >= 15 is 0 Å². The molecule has 2 aromatic rings. The van der Waals surface area contributed by atoms with Crippen molar-refractivity contribution < 1.29 is 31.4 Å². The lowest BCUT2D eigenvalue weighted by Gasteiger charge is -2.32. The second-order valence-electron chi connectivity index (χ2n) is 8.07. The maximum absolute atomic E-state index is 13.5. The van der Waals surface area contributed by atoms with E-state index in [9.17, 15) is 31.4 Å². The van der Waals surface area contributed by atoms with Crippen molar-refractivity contribution in [1.82, 2.24) is 5.32 Å². The van der Waals surface area contributed by atoms with Gasteiger partial charge in [-0.2, -0.15) is 31.4 Å². The Morgan fingerprint density at radius 1 is 0.971 bits per heavy atom. The molecule has 0 aliphatic carbocycles. The number of hydrogen-bond donors (Lipinski definition) is 2. The van der Waals surface area contributed by atoms with Crippen molar-refractivity contribution in [2.75, 3.05) is 18.1 Å². The molecule has 0 aromatic heterocycles. The summed E-state index contributed by atoms with van der Waals surface area (Å²) in [6.45, 7) is 1.51. The molecule has 11 heteroatoms. The number of nitrogens with one attached hydrogen (secondary N) is 1. The number of alkyl halides is 6. The normalized spacial score (nSPS) is 19.8. The SMILES string of the molecule is OC(C1=NN(c2ccc(C3=CCNCC3)cc2)C(c2ccccc2Cl)C1)(C(F)(F)F)C(F)(F)F. The number of hydrogen-bond acceptors (Lipinski definition) is 4. The Kier molecular flexibility index (Phi) is 6.43. The summed E-state index contributed by atoms with van der Waals surface area (Å²) in [4.78, 5) is 0. The molecular formula is C23H20ClF6N3O. The van der Waals surface area contributed by atoms with Gasteiger partial charge in [0.25, 0.3) is 5.60 Å². The van der Waals surface area contributed by atoms with E-state index in [2.05, 4.69) is 10.4 Å². The maximum atomic E-state index is 13.5. The molecule has 1 atom stereocenters. The van der Waals surface area contributed by atoms with Crippen LogP contribution in [0.25, 0.3) is 5.57 Å². The first kappa shape index (κ1) is 24.6. The van der Waals surface area contributed by atoms with Gasteiger partial charge in [-0.05, 0) is 47.9 Å². The number of nitrogens with zero attached hydrogens (tertiary/aromatic N) is 2. The van der Waals surface area contributed by atoms with Crippen LogP contribution in [0.15, 0.2) is 59.7 Å². The molecule has 2 N–H and O–H groups in total. The quantitative estimate of drug-likeness (QED) is 0.512. The third kappa shape index (κ3) is 4.30. The van der Waals surface area contributed by atoms with Crippen molar-refractivity contribution in [1.29, 1.82) is 0 Å². The average molecular weight is 504 g/mol. The lowest BCUT2D eigenvalue weighted by molar-refractivity contribution is -0.338. The van der Waals surface area contributed by atoms with Crippen molar-refractivity contribution in [3.05, 3.63) is 70.8 Å². The van der Waals surface area contributed by atoms with Crippen LogP contribution < -0.4 is 10.3 Å². The van der Waals surface area contributed by atoms with Crippen molar-refractivity contribution in [3.63, 3.8) is 0 Å². The number of halogens is 7. The Labute approximate surface area is 196 Å². The fraction of sp³-hybridized carbons (Fsp3) is 0.348.